The lowest BCUT2D eigenvalue weighted by atomic mass is 10.2. The van der Waals surface area contributed by atoms with Crippen LogP contribution in [0.2, 0.25) is 0 Å². The Morgan fingerprint density at radius 2 is 2.36 bits per heavy atom. The smallest absolute Gasteiger partial charge is 0.355 e. The molecule has 0 bridgehead atoms. The Bertz CT molecular complexity index is 676. The van der Waals surface area contributed by atoms with Crippen LogP contribution >= 0.6 is 11.3 Å². The lowest BCUT2D eigenvalue weighted by Crippen LogP contribution is -2.24. The normalized spacial score (nSPS) is 17.7. The van der Waals surface area contributed by atoms with Crippen LogP contribution in [0.4, 0.5) is 5.82 Å². The molecule has 3 heterocycles. The zero-order valence-electron chi connectivity index (χ0n) is 12.1. The van der Waals surface area contributed by atoms with Crippen LogP contribution < -0.4 is 9.64 Å². The molecule has 8 heteroatoms. The molecule has 1 aliphatic heterocycles. The Hall–Kier alpha value is -2.22. The highest BCUT2D eigenvalue weighted by Gasteiger charge is 2.30. The van der Waals surface area contributed by atoms with Crippen molar-refractivity contribution in [3.05, 3.63) is 28.5 Å². The predicted molar refractivity (Wildman–Crippen MR) is 81.6 cm³/mol. The van der Waals surface area contributed by atoms with Gasteiger partial charge in [-0.2, -0.15) is 4.98 Å². The zero-order valence-corrected chi connectivity index (χ0v) is 12.9. The van der Waals surface area contributed by atoms with Crippen LogP contribution in [0.3, 0.4) is 0 Å². The maximum absolute atomic E-state index is 11.0. The first-order valence-corrected chi connectivity index (χ1v) is 7.97. The summed E-state index contributed by atoms with van der Waals surface area (Å²) in [4.78, 5) is 26.0. The van der Waals surface area contributed by atoms with E-state index in [0.717, 1.165) is 30.2 Å². The van der Waals surface area contributed by atoms with Crippen LogP contribution in [-0.4, -0.2) is 39.2 Å². The van der Waals surface area contributed by atoms with Gasteiger partial charge in [-0.1, -0.05) is 0 Å². The standard InChI is InChI=1S/C14H16N4O3S/c1-2-21-12-7-15-6-11(17-12)18-5-3-4-10(18)13-16-9(8-22-13)14(19)20/h6-8,10H,2-5H2,1H3,(H,19,20). The van der Waals surface area contributed by atoms with Crippen molar-refractivity contribution in [3.8, 4) is 5.88 Å². The van der Waals surface area contributed by atoms with Gasteiger partial charge in [-0.25, -0.2) is 9.78 Å². The maximum atomic E-state index is 11.0. The molecule has 0 saturated carbocycles. The molecule has 1 saturated heterocycles. The second-order valence-corrected chi connectivity index (χ2v) is 5.77. The number of carbonyl (C=O) groups is 1. The van der Waals surface area contributed by atoms with E-state index in [1.165, 1.54) is 11.3 Å². The summed E-state index contributed by atoms with van der Waals surface area (Å²) in [6.07, 6.45) is 5.22. The summed E-state index contributed by atoms with van der Waals surface area (Å²) in [6.45, 7) is 3.28. The largest absolute Gasteiger partial charge is 0.477 e. The second kappa shape index (κ2) is 6.27. The summed E-state index contributed by atoms with van der Waals surface area (Å²) in [6, 6.07) is 0.0456. The van der Waals surface area contributed by atoms with Crippen molar-refractivity contribution < 1.29 is 14.6 Å². The van der Waals surface area contributed by atoms with Gasteiger partial charge < -0.3 is 14.7 Å². The Balaban J connectivity index is 1.86. The molecule has 116 valence electrons. The number of aromatic carboxylic acids is 1. The molecule has 1 unspecified atom stereocenters. The van der Waals surface area contributed by atoms with E-state index in [-0.39, 0.29) is 11.7 Å². The van der Waals surface area contributed by atoms with Crippen LogP contribution in [0.5, 0.6) is 5.88 Å². The van der Waals surface area contributed by atoms with Gasteiger partial charge in [0.15, 0.2) is 11.5 Å². The minimum absolute atomic E-state index is 0.0456. The lowest BCUT2D eigenvalue weighted by Gasteiger charge is -2.23. The number of thiazole rings is 1. The Morgan fingerprint density at radius 1 is 1.50 bits per heavy atom. The molecule has 0 radical (unpaired) electrons. The first kappa shape index (κ1) is 14.7. The molecule has 3 rings (SSSR count). The Kier molecular flexibility index (Phi) is 4.19. The van der Waals surface area contributed by atoms with Crippen LogP contribution in [0.15, 0.2) is 17.8 Å². The van der Waals surface area contributed by atoms with E-state index in [9.17, 15) is 4.79 Å². The third kappa shape index (κ3) is 2.87. The van der Waals surface area contributed by atoms with E-state index >= 15 is 0 Å². The van der Waals surface area contributed by atoms with Gasteiger partial charge in [0, 0.05) is 11.9 Å². The third-order valence-corrected chi connectivity index (χ3v) is 4.41. The predicted octanol–water partition coefficient (Wildman–Crippen LogP) is 2.37. The second-order valence-electron chi connectivity index (χ2n) is 4.88. The van der Waals surface area contributed by atoms with Gasteiger partial charge >= 0.3 is 5.97 Å². The molecule has 0 spiro atoms. The van der Waals surface area contributed by atoms with Gasteiger partial charge in [-0.05, 0) is 19.8 Å². The fraction of sp³-hybridized carbons (Fsp3) is 0.429. The molecule has 7 nitrogen and oxygen atoms in total. The highest BCUT2D eigenvalue weighted by Crippen LogP contribution is 2.36. The summed E-state index contributed by atoms with van der Waals surface area (Å²) in [5, 5.41) is 11.4. The van der Waals surface area contributed by atoms with Crippen molar-refractivity contribution in [2.24, 2.45) is 0 Å². The number of anilines is 1. The van der Waals surface area contributed by atoms with Crippen LogP contribution in [-0.2, 0) is 0 Å². The molecular formula is C14H16N4O3S. The minimum atomic E-state index is -0.995. The van der Waals surface area contributed by atoms with Crippen molar-refractivity contribution in [1.82, 2.24) is 15.0 Å². The van der Waals surface area contributed by atoms with Crippen molar-refractivity contribution in [2.75, 3.05) is 18.1 Å². The molecule has 1 atom stereocenters. The number of carboxylic acid groups (broad SMARTS) is 1. The van der Waals surface area contributed by atoms with E-state index in [2.05, 4.69) is 19.9 Å². The fourth-order valence-electron chi connectivity index (χ4n) is 2.53. The number of nitrogens with zero attached hydrogens (tertiary/aromatic N) is 4. The fourth-order valence-corrected chi connectivity index (χ4v) is 3.47. The highest BCUT2D eigenvalue weighted by atomic mass is 32.1. The number of hydrogen-bond acceptors (Lipinski definition) is 7. The summed E-state index contributed by atoms with van der Waals surface area (Å²) in [7, 11) is 0. The van der Waals surface area contributed by atoms with Gasteiger partial charge in [0.2, 0.25) is 5.88 Å². The maximum Gasteiger partial charge on any atom is 0.355 e. The monoisotopic (exact) mass is 320 g/mol. The Labute approximate surface area is 131 Å². The van der Waals surface area contributed by atoms with Crippen molar-refractivity contribution >= 4 is 23.1 Å². The topological polar surface area (TPSA) is 88.4 Å². The summed E-state index contributed by atoms with van der Waals surface area (Å²) in [5.74, 6) is 0.238. The Morgan fingerprint density at radius 3 is 3.09 bits per heavy atom. The van der Waals surface area contributed by atoms with Crippen molar-refractivity contribution in [1.29, 1.82) is 0 Å². The van der Waals surface area contributed by atoms with Gasteiger partial charge in [-0.15, -0.1) is 11.3 Å². The van der Waals surface area contributed by atoms with Gasteiger partial charge in [-0.3, -0.25) is 4.98 Å². The molecular weight excluding hydrogens is 304 g/mol. The van der Waals surface area contributed by atoms with Crippen molar-refractivity contribution in [2.45, 2.75) is 25.8 Å². The molecule has 1 fully saturated rings. The van der Waals surface area contributed by atoms with Gasteiger partial charge in [0.1, 0.15) is 5.01 Å². The van der Waals surface area contributed by atoms with E-state index in [4.69, 9.17) is 9.84 Å². The number of rotatable bonds is 5. The van der Waals surface area contributed by atoms with E-state index < -0.39 is 5.97 Å². The first-order valence-electron chi connectivity index (χ1n) is 7.09. The molecule has 22 heavy (non-hydrogen) atoms. The summed E-state index contributed by atoms with van der Waals surface area (Å²) in [5.41, 5.74) is 0.0981. The number of hydrogen-bond donors (Lipinski definition) is 1. The summed E-state index contributed by atoms with van der Waals surface area (Å²) >= 11 is 1.37. The average molecular weight is 320 g/mol. The molecule has 2 aromatic rings. The van der Waals surface area contributed by atoms with E-state index in [0.29, 0.717) is 12.5 Å². The number of ether oxygens (including phenoxy) is 1. The highest BCUT2D eigenvalue weighted by molar-refractivity contribution is 7.09. The van der Waals surface area contributed by atoms with Crippen LogP contribution in [0, 0.1) is 0 Å². The van der Waals surface area contributed by atoms with Crippen LogP contribution in [0.1, 0.15) is 41.3 Å². The molecule has 0 amide bonds. The molecule has 0 aliphatic carbocycles. The van der Waals surface area contributed by atoms with Crippen molar-refractivity contribution in [3.63, 3.8) is 0 Å². The molecule has 1 aliphatic rings. The van der Waals surface area contributed by atoms with Gasteiger partial charge in [0.05, 0.1) is 25.0 Å². The van der Waals surface area contributed by atoms with E-state index in [1.807, 2.05) is 6.92 Å². The lowest BCUT2D eigenvalue weighted by molar-refractivity contribution is 0.0691. The summed E-state index contributed by atoms with van der Waals surface area (Å²) < 4.78 is 5.39. The molecule has 1 N–H and O–H groups in total. The minimum Gasteiger partial charge on any atom is -0.477 e. The van der Waals surface area contributed by atoms with Gasteiger partial charge in [0.25, 0.3) is 0 Å². The average Bonchev–Trinajstić information content (AvgIpc) is 3.17. The quantitative estimate of drug-likeness (QED) is 0.904. The number of aromatic nitrogens is 3. The molecule has 0 aromatic carbocycles. The molecule has 2 aromatic heterocycles. The third-order valence-electron chi connectivity index (χ3n) is 3.47. The number of carboxylic acids is 1. The van der Waals surface area contributed by atoms with Crippen LogP contribution in [0.25, 0.3) is 0 Å². The zero-order chi connectivity index (χ0) is 15.5. The first-order chi connectivity index (χ1) is 10.7. The van der Waals surface area contributed by atoms with E-state index in [1.54, 1.807) is 17.8 Å². The SMILES string of the molecule is CCOc1cncc(N2CCCC2c2nc(C(=O)O)cs2)n1.